The van der Waals surface area contributed by atoms with Gasteiger partial charge in [0.1, 0.15) is 0 Å². The Morgan fingerprint density at radius 3 is 2.77 bits per heavy atom. The lowest BCUT2D eigenvalue weighted by Crippen LogP contribution is -2.06. The van der Waals surface area contributed by atoms with Crippen LogP contribution in [0.25, 0.3) is 11.1 Å². The number of hydrogen-bond donors (Lipinski definition) is 0. The summed E-state index contributed by atoms with van der Waals surface area (Å²) in [6.07, 6.45) is 0.598. The largest absolute Gasteiger partial charge is 0.293 e. The lowest BCUT2D eigenvalue weighted by atomic mass is 9.97. The van der Waals surface area contributed by atoms with Crippen molar-refractivity contribution in [1.29, 1.82) is 0 Å². The van der Waals surface area contributed by atoms with Gasteiger partial charge in [0.05, 0.1) is 4.88 Å². The van der Waals surface area contributed by atoms with Gasteiger partial charge in [0.15, 0.2) is 5.78 Å². The molecule has 0 fully saturated rings. The van der Waals surface area contributed by atoms with Crippen molar-refractivity contribution in [1.82, 2.24) is 0 Å². The van der Waals surface area contributed by atoms with Crippen LogP contribution in [0.4, 0.5) is 0 Å². The van der Waals surface area contributed by atoms with E-state index in [1.165, 1.54) is 10.4 Å². The minimum absolute atomic E-state index is 0.278. The number of carbonyl (C=O) groups excluding carboxylic acids is 1. The van der Waals surface area contributed by atoms with Crippen molar-refractivity contribution in [2.45, 2.75) is 6.42 Å². The third kappa shape index (κ3) is 0.943. The van der Waals surface area contributed by atoms with Crippen LogP contribution in [0.15, 0.2) is 22.9 Å². The zero-order chi connectivity index (χ0) is 8.84. The topological polar surface area (TPSA) is 17.1 Å². The molecular weight excluding hydrogens is 200 g/mol. The van der Waals surface area contributed by atoms with Crippen molar-refractivity contribution in [2.75, 3.05) is 0 Å². The molecule has 0 saturated carbocycles. The van der Waals surface area contributed by atoms with E-state index in [1.54, 1.807) is 22.7 Å². The molecule has 1 nitrogen and oxygen atoms in total. The van der Waals surface area contributed by atoms with Gasteiger partial charge in [0.2, 0.25) is 0 Å². The minimum atomic E-state index is 0.278. The molecular formula is C10H6OS2. The molecule has 0 unspecified atom stereocenters. The van der Waals surface area contributed by atoms with Gasteiger partial charge >= 0.3 is 0 Å². The molecule has 3 rings (SSSR count). The summed E-state index contributed by atoms with van der Waals surface area (Å²) >= 11 is 3.24. The molecule has 3 heteroatoms. The maximum absolute atomic E-state index is 11.6. The van der Waals surface area contributed by atoms with Gasteiger partial charge in [-0.1, -0.05) is 0 Å². The molecule has 2 aromatic rings. The van der Waals surface area contributed by atoms with E-state index in [1.807, 2.05) is 11.4 Å². The number of thiophene rings is 2. The molecule has 2 aromatic heterocycles. The molecule has 0 radical (unpaired) electrons. The summed E-state index contributed by atoms with van der Waals surface area (Å²) < 4.78 is 0. The summed E-state index contributed by atoms with van der Waals surface area (Å²) in [5.41, 5.74) is 2.40. The van der Waals surface area contributed by atoms with Crippen molar-refractivity contribution in [2.24, 2.45) is 0 Å². The lowest BCUT2D eigenvalue weighted by Gasteiger charge is -2.09. The SMILES string of the molecule is O=C1Cc2sccc2-c2ccsc21. The normalized spacial score (nSPS) is 14.0. The first-order valence-electron chi connectivity index (χ1n) is 4.03. The highest BCUT2D eigenvalue weighted by atomic mass is 32.1. The molecule has 1 aliphatic carbocycles. The summed E-state index contributed by atoms with van der Waals surface area (Å²) in [5, 5.41) is 4.06. The Kier molecular flexibility index (Phi) is 1.45. The highest BCUT2D eigenvalue weighted by molar-refractivity contribution is 7.13. The van der Waals surface area contributed by atoms with Crippen molar-refractivity contribution >= 4 is 28.5 Å². The van der Waals surface area contributed by atoms with Crippen molar-refractivity contribution < 1.29 is 4.79 Å². The Morgan fingerprint density at radius 2 is 1.85 bits per heavy atom. The standard InChI is InChI=1S/C10H6OS2/c11-8-5-9-6(1-3-12-9)7-2-4-13-10(7)8/h1-4H,5H2. The van der Waals surface area contributed by atoms with E-state index in [2.05, 4.69) is 11.4 Å². The monoisotopic (exact) mass is 206 g/mol. The summed E-state index contributed by atoms with van der Waals surface area (Å²) in [5.74, 6) is 0.278. The molecule has 1 aliphatic rings. The van der Waals surface area contributed by atoms with Crippen LogP contribution < -0.4 is 0 Å². The Morgan fingerprint density at radius 1 is 1.08 bits per heavy atom. The van der Waals surface area contributed by atoms with Crippen molar-refractivity contribution in [3.8, 4) is 11.1 Å². The van der Waals surface area contributed by atoms with Gasteiger partial charge in [-0.15, -0.1) is 22.7 Å². The van der Waals surface area contributed by atoms with Gasteiger partial charge < -0.3 is 0 Å². The molecule has 0 atom stereocenters. The molecule has 0 N–H and O–H groups in total. The molecule has 0 aliphatic heterocycles. The summed E-state index contributed by atoms with van der Waals surface area (Å²) in [4.78, 5) is 13.8. The zero-order valence-corrected chi connectivity index (χ0v) is 8.37. The first-order chi connectivity index (χ1) is 6.36. The van der Waals surface area contributed by atoms with Gasteiger partial charge in [-0.05, 0) is 28.5 Å². The average molecular weight is 206 g/mol. The van der Waals surface area contributed by atoms with E-state index in [4.69, 9.17) is 0 Å². The van der Waals surface area contributed by atoms with Crippen LogP contribution in [-0.2, 0) is 6.42 Å². The first-order valence-corrected chi connectivity index (χ1v) is 5.79. The molecule has 64 valence electrons. The van der Waals surface area contributed by atoms with Gasteiger partial charge in [-0.3, -0.25) is 4.79 Å². The second-order valence-electron chi connectivity index (χ2n) is 3.02. The Bertz CT molecular complexity index is 479. The van der Waals surface area contributed by atoms with Crippen LogP contribution in [0.2, 0.25) is 0 Å². The number of rotatable bonds is 0. The Labute approximate surface area is 83.7 Å². The number of hydrogen-bond acceptors (Lipinski definition) is 3. The maximum atomic E-state index is 11.6. The average Bonchev–Trinajstić information content (AvgIpc) is 2.66. The van der Waals surface area contributed by atoms with Gasteiger partial charge in [-0.25, -0.2) is 0 Å². The number of Topliss-reactive ketones (excluding diaryl/α,β-unsaturated/α-hetero) is 1. The molecule has 0 bridgehead atoms. The van der Waals surface area contributed by atoms with E-state index in [0.717, 1.165) is 10.4 Å². The van der Waals surface area contributed by atoms with E-state index in [-0.39, 0.29) is 5.78 Å². The number of ketones is 1. The van der Waals surface area contributed by atoms with Crippen LogP contribution in [-0.4, -0.2) is 5.78 Å². The molecule has 0 saturated heterocycles. The third-order valence-electron chi connectivity index (χ3n) is 2.28. The molecule has 0 spiro atoms. The molecule has 0 aromatic carbocycles. The van der Waals surface area contributed by atoms with Crippen LogP contribution in [0.5, 0.6) is 0 Å². The maximum Gasteiger partial charge on any atom is 0.178 e. The number of carbonyl (C=O) groups is 1. The third-order valence-corrected chi connectivity index (χ3v) is 4.15. The number of fused-ring (bicyclic) bond motifs is 3. The summed E-state index contributed by atoms with van der Waals surface area (Å²) in [6, 6.07) is 4.15. The van der Waals surface area contributed by atoms with Crippen LogP contribution in [0, 0.1) is 0 Å². The van der Waals surface area contributed by atoms with Crippen LogP contribution >= 0.6 is 22.7 Å². The summed E-state index contributed by atoms with van der Waals surface area (Å²) in [7, 11) is 0. The van der Waals surface area contributed by atoms with E-state index in [0.29, 0.717) is 6.42 Å². The smallest absolute Gasteiger partial charge is 0.178 e. The highest BCUT2D eigenvalue weighted by Gasteiger charge is 2.24. The summed E-state index contributed by atoms with van der Waals surface area (Å²) in [6.45, 7) is 0. The van der Waals surface area contributed by atoms with Gasteiger partial charge in [-0.2, -0.15) is 0 Å². The van der Waals surface area contributed by atoms with Gasteiger partial charge in [0.25, 0.3) is 0 Å². The van der Waals surface area contributed by atoms with E-state index < -0.39 is 0 Å². The molecule has 2 heterocycles. The van der Waals surface area contributed by atoms with E-state index >= 15 is 0 Å². The first kappa shape index (κ1) is 7.47. The van der Waals surface area contributed by atoms with Crippen LogP contribution in [0.3, 0.4) is 0 Å². The fraction of sp³-hybridized carbons (Fsp3) is 0.100. The minimum Gasteiger partial charge on any atom is -0.293 e. The zero-order valence-electron chi connectivity index (χ0n) is 6.74. The molecule has 0 amide bonds. The van der Waals surface area contributed by atoms with Crippen molar-refractivity contribution in [3.63, 3.8) is 0 Å². The van der Waals surface area contributed by atoms with Gasteiger partial charge in [0, 0.05) is 16.9 Å². The van der Waals surface area contributed by atoms with Crippen LogP contribution in [0.1, 0.15) is 14.5 Å². The van der Waals surface area contributed by atoms with E-state index in [9.17, 15) is 4.79 Å². The lowest BCUT2D eigenvalue weighted by molar-refractivity contribution is 0.0997. The molecule has 13 heavy (non-hydrogen) atoms. The second-order valence-corrected chi connectivity index (χ2v) is 4.94. The predicted octanol–water partition coefficient (Wildman–Crippen LogP) is 3.22. The predicted molar refractivity (Wildman–Crippen MR) is 55.7 cm³/mol. The highest BCUT2D eigenvalue weighted by Crippen LogP contribution is 2.38. The Hall–Kier alpha value is -0.930. The van der Waals surface area contributed by atoms with Crippen molar-refractivity contribution in [3.05, 3.63) is 32.6 Å². The fourth-order valence-electron chi connectivity index (χ4n) is 1.68. The quantitative estimate of drug-likeness (QED) is 0.647. The second kappa shape index (κ2) is 2.53. The Balaban J connectivity index is 2.36. The fourth-order valence-corrected chi connectivity index (χ4v) is 3.42.